The van der Waals surface area contributed by atoms with Crippen molar-refractivity contribution in [2.45, 2.75) is 33.2 Å². The average Bonchev–Trinajstić information content (AvgIpc) is 3.42. The molecular weight excluding hydrogens is 663 g/mol. The second-order valence-corrected chi connectivity index (χ2v) is 14.0. The average molecular weight is 687 g/mol. The summed E-state index contributed by atoms with van der Waals surface area (Å²) in [5.41, 5.74) is 1.71. The van der Waals surface area contributed by atoms with Crippen LogP contribution in [0.25, 0.3) is 11.4 Å². The van der Waals surface area contributed by atoms with Crippen LogP contribution in [0.5, 0.6) is 0 Å². The third kappa shape index (κ3) is 7.92. The fraction of sp³-hybridized carbons (Fsp3) is 0.103. The number of nitrogens with one attached hydrogen (secondary N) is 2. The smallest absolute Gasteiger partial charge is 0.322 e. The van der Waals surface area contributed by atoms with Gasteiger partial charge >= 0.3 is 5.97 Å². The second kappa shape index (κ2) is 13.7. The topological polar surface area (TPSA) is 173 Å². The van der Waals surface area contributed by atoms with Crippen molar-refractivity contribution in [3.63, 3.8) is 0 Å². The molecule has 0 radical (unpaired) electrons. The van der Waals surface area contributed by atoms with Gasteiger partial charge in [-0.25, -0.2) is 26.7 Å². The van der Waals surface area contributed by atoms with Crippen LogP contribution in [-0.2, 0) is 37.0 Å². The van der Waals surface area contributed by atoms with Crippen LogP contribution in [0.2, 0.25) is 0 Å². The Balaban J connectivity index is 1.35. The van der Waals surface area contributed by atoms with E-state index in [-0.39, 0.29) is 32.9 Å². The van der Waals surface area contributed by atoms with Gasteiger partial charge < -0.3 is 5.11 Å². The fourth-order valence-corrected chi connectivity index (χ4v) is 7.29. The number of carboxylic acids is 1. The molecule has 2 heterocycles. The number of hydrogen-bond acceptors (Lipinski definition) is 9. The number of nitrogens with zero attached hydrogens (tertiary/aromatic N) is 4. The molecular formula is C29H24F2N6O6S3. The van der Waals surface area contributed by atoms with E-state index in [0.29, 0.717) is 16.7 Å². The molecule has 0 spiro atoms. The third-order valence-corrected chi connectivity index (χ3v) is 10.2. The standard InChI is InChI=1S/C29H24F2N6O6S3/c30-22-4-8-24(9-5-22)45(40,41)35-26(28(38)39)17-19-2-1-3-20(16-19)18-44-29-34-33-27(21-12-14-32-15-13-21)37(29)36-46(42,43)25-10-6-23(31)7-11-25/h1-16,26,35-36H,17-18H2,(H,38,39). The molecule has 5 rings (SSSR count). The molecule has 17 heteroatoms. The lowest BCUT2D eigenvalue weighted by Gasteiger charge is -2.16. The van der Waals surface area contributed by atoms with Gasteiger partial charge in [0.05, 0.1) is 9.79 Å². The number of rotatable bonds is 13. The van der Waals surface area contributed by atoms with E-state index >= 15 is 0 Å². The SMILES string of the molecule is O=C(O)C(Cc1cccc(CSc2nnc(-c3ccncc3)n2NS(=O)(=O)c2ccc(F)cc2)c1)NS(=O)(=O)c1ccc(F)cc1. The van der Waals surface area contributed by atoms with Crippen molar-refractivity contribution >= 4 is 37.8 Å². The van der Waals surface area contributed by atoms with Crippen LogP contribution in [0.15, 0.2) is 112 Å². The monoisotopic (exact) mass is 686 g/mol. The summed E-state index contributed by atoms with van der Waals surface area (Å²) in [6.07, 6.45) is 2.81. The maximum Gasteiger partial charge on any atom is 0.322 e. The van der Waals surface area contributed by atoms with Gasteiger partial charge in [-0.05, 0) is 78.2 Å². The molecule has 1 atom stereocenters. The van der Waals surface area contributed by atoms with Crippen molar-refractivity contribution < 1.29 is 35.5 Å². The van der Waals surface area contributed by atoms with Crippen LogP contribution in [0.1, 0.15) is 11.1 Å². The van der Waals surface area contributed by atoms with Gasteiger partial charge in [0.25, 0.3) is 10.0 Å². The normalized spacial score (nSPS) is 12.5. The number of thioether (sulfide) groups is 1. The van der Waals surface area contributed by atoms with Gasteiger partial charge in [0.15, 0.2) is 5.82 Å². The predicted molar refractivity (Wildman–Crippen MR) is 164 cm³/mol. The molecule has 0 fully saturated rings. The number of halogens is 2. The van der Waals surface area contributed by atoms with Crippen LogP contribution >= 0.6 is 11.8 Å². The molecule has 12 nitrogen and oxygen atoms in total. The van der Waals surface area contributed by atoms with Gasteiger partial charge in [-0.15, -0.1) is 10.2 Å². The van der Waals surface area contributed by atoms with Crippen LogP contribution in [0, 0.1) is 11.6 Å². The Hall–Kier alpha value is -4.71. The molecule has 1 unspecified atom stereocenters. The molecule has 0 aliphatic rings. The quantitative estimate of drug-likeness (QED) is 0.155. The molecule has 2 aromatic heterocycles. The Morgan fingerprint density at radius 1 is 0.826 bits per heavy atom. The van der Waals surface area contributed by atoms with Crippen LogP contribution in [0.4, 0.5) is 8.78 Å². The minimum absolute atomic E-state index is 0.165. The highest BCUT2D eigenvalue weighted by molar-refractivity contribution is 7.98. The molecule has 0 bridgehead atoms. The van der Waals surface area contributed by atoms with Crippen molar-refractivity contribution in [2.24, 2.45) is 0 Å². The lowest BCUT2D eigenvalue weighted by molar-refractivity contribution is -0.138. The number of hydrogen-bond donors (Lipinski definition) is 3. The van der Waals surface area contributed by atoms with E-state index < -0.39 is 43.7 Å². The first kappa shape index (κ1) is 32.7. The van der Waals surface area contributed by atoms with E-state index in [0.717, 1.165) is 60.3 Å². The third-order valence-electron chi connectivity index (χ3n) is 6.43. The lowest BCUT2D eigenvalue weighted by Crippen LogP contribution is -2.42. The number of carbonyl (C=O) groups is 1. The highest BCUT2D eigenvalue weighted by atomic mass is 32.2. The first-order chi connectivity index (χ1) is 21.9. The van der Waals surface area contributed by atoms with Crippen molar-refractivity contribution in [1.82, 2.24) is 24.6 Å². The number of benzene rings is 3. The van der Waals surface area contributed by atoms with Crippen molar-refractivity contribution in [1.29, 1.82) is 0 Å². The van der Waals surface area contributed by atoms with Gasteiger partial charge in [-0.1, -0.05) is 36.0 Å². The van der Waals surface area contributed by atoms with Crippen molar-refractivity contribution in [2.75, 3.05) is 4.83 Å². The molecule has 0 aliphatic heterocycles. The lowest BCUT2D eigenvalue weighted by atomic mass is 10.0. The van der Waals surface area contributed by atoms with Gasteiger partial charge in [0, 0.05) is 23.7 Å². The second-order valence-electron chi connectivity index (χ2n) is 9.70. The predicted octanol–water partition coefficient (Wildman–Crippen LogP) is 3.82. The molecule has 0 amide bonds. The Labute approximate surface area is 266 Å². The van der Waals surface area contributed by atoms with Crippen LogP contribution < -0.4 is 9.55 Å². The minimum Gasteiger partial charge on any atom is -0.480 e. The summed E-state index contributed by atoms with van der Waals surface area (Å²) in [6, 6.07) is 16.7. The molecule has 0 saturated heterocycles. The number of aliphatic carboxylic acids is 1. The van der Waals surface area contributed by atoms with Gasteiger partial charge in [-0.2, -0.15) is 13.1 Å². The van der Waals surface area contributed by atoms with Crippen LogP contribution in [-0.4, -0.2) is 53.8 Å². The van der Waals surface area contributed by atoms with E-state index in [2.05, 4.69) is 24.7 Å². The zero-order chi connectivity index (χ0) is 32.9. The van der Waals surface area contributed by atoms with Crippen molar-refractivity contribution in [3.8, 4) is 11.4 Å². The van der Waals surface area contributed by atoms with Gasteiger partial charge in [0.1, 0.15) is 17.7 Å². The van der Waals surface area contributed by atoms with E-state index in [1.54, 1.807) is 36.4 Å². The summed E-state index contributed by atoms with van der Waals surface area (Å²) in [5.74, 6) is -2.24. The van der Waals surface area contributed by atoms with Crippen LogP contribution in [0.3, 0.4) is 0 Å². The zero-order valence-corrected chi connectivity index (χ0v) is 25.9. The molecule has 46 heavy (non-hydrogen) atoms. The zero-order valence-electron chi connectivity index (χ0n) is 23.5. The Bertz CT molecular complexity index is 2060. The van der Waals surface area contributed by atoms with Gasteiger partial charge in [-0.3, -0.25) is 9.78 Å². The van der Waals surface area contributed by atoms with E-state index in [4.69, 9.17) is 0 Å². The highest BCUT2D eigenvalue weighted by Crippen LogP contribution is 2.27. The fourth-order valence-electron chi connectivity index (χ4n) is 4.20. The molecule has 0 saturated carbocycles. The van der Waals surface area contributed by atoms with Gasteiger partial charge in [0.2, 0.25) is 15.2 Å². The van der Waals surface area contributed by atoms with E-state index in [1.807, 2.05) is 0 Å². The number of aromatic nitrogens is 4. The summed E-state index contributed by atoms with van der Waals surface area (Å²) in [5, 5.41) is 18.2. The number of sulfonamides is 2. The molecule has 3 aromatic carbocycles. The summed E-state index contributed by atoms with van der Waals surface area (Å²) in [7, 11) is -8.45. The Morgan fingerprint density at radius 3 is 2.02 bits per heavy atom. The maximum atomic E-state index is 13.4. The summed E-state index contributed by atoms with van der Waals surface area (Å²) >= 11 is 1.12. The highest BCUT2D eigenvalue weighted by Gasteiger charge is 2.26. The minimum atomic E-state index is -4.26. The number of pyridine rings is 1. The largest absolute Gasteiger partial charge is 0.480 e. The summed E-state index contributed by atoms with van der Waals surface area (Å²) in [6.45, 7) is 0. The molecule has 3 N–H and O–H groups in total. The molecule has 5 aromatic rings. The number of carboxylic acid groups (broad SMARTS) is 1. The maximum absolute atomic E-state index is 13.4. The Kier molecular flexibility index (Phi) is 9.76. The summed E-state index contributed by atoms with van der Waals surface area (Å²) in [4.78, 5) is 17.9. The van der Waals surface area contributed by atoms with E-state index in [9.17, 15) is 35.5 Å². The molecule has 0 aliphatic carbocycles. The van der Waals surface area contributed by atoms with Crippen molar-refractivity contribution in [3.05, 3.63) is 120 Å². The Morgan fingerprint density at radius 2 is 1.41 bits per heavy atom. The van der Waals surface area contributed by atoms with E-state index in [1.165, 1.54) is 17.1 Å². The summed E-state index contributed by atoms with van der Waals surface area (Å²) < 4.78 is 81.9. The molecule has 238 valence electrons. The first-order valence-corrected chi connectivity index (χ1v) is 17.2. The first-order valence-electron chi connectivity index (χ1n) is 13.3.